The fourth-order valence-corrected chi connectivity index (χ4v) is 2.09. The second-order valence-electron chi connectivity index (χ2n) is 4.56. The molecule has 1 rings (SSSR count). The predicted molar refractivity (Wildman–Crippen MR) is 77.9 cm³/mol. The summed E-state index contributed by atoms with van der Waals surface area (Å²) in [6.07, 6.45) is 2.14. The molecule has 0 saturated heterocycles. The lowest BCUT2D eigenvalue weighted by atomic mass is 10.1. The molecule has 3 nitrogen and oxygen atoms in total. The molecule has 0 aliphatic heterocycles. The Morgan fingerprint density at radius 3 is 2.89 bits per heavy atom. The lowest BCUT2D eigenvalue weighted by molar-refractivity contribution is 0.228. The van der Waals surface area contributed by atoms with Gasteiger partial charge in [-0.3, -0.25) is 0 Å². The Hall–Kier alpha value is -0.580. The van der Waals surface area contributed by atoms with Crippen LogP contribution in [0.3, 0.4) is 0 Å². The highest BCUT2D eigenvalue weighted by atomic mass is 79.9. The first kappa shape index (κ1) is 15.5. The van der Waals surface area contributed by atoms with Gasteiger partial charge in [-0.05, 0) is 49.1 Å². The third-order valence-electron chi connectivity index (χ3n) is 2.93. The number of rotatable bonds is 8. The molecule has 0 aromatic heterocycles. The quantitative estimate of drug-likeness (QED) is 0.725. The topological polar surface area (TPSA) is 41.5 Å². The van der Waals surface area contributed by atoms with E-state index in [0.29, 0.717) is 5.92 Å². The third kappa shape index (κ3) is 5.38. The molecule has 1 aromatic carbocycles. The van der Waals surface area contributed by atoms with Crippen molar-refractivity contribution in [1.29, 1.82) is 0 Å². The lowest BCUT2D eigenvalue weighted by Gasteiger charge is -2.10. The van der Waals surface area contributed by atoms with Crippen molar-refractivity contribution in [2.24, 2.45) is 5.92 Å². The first-order valence-corrected chi connectivity index (χ1v) is 7.10. The van der Waals surface area contributed by atoms with Crippen LogP contribution in [0, 0.1) is 5.92 Å². The Morgan fingerprint density at radius 2 is 2.22 bits per heavy atom. The van der Waals surface area contributed by atoms with Gasteiger partial charge in [-0.2, -0.15) is 0 Å². The summed E-state index contributed by atoms with van der Waals surface area (Å²) >= 11 is 3.53. The molecule has 0 fully saturated rings. The predicted octanol–water partition coefficient (Wildman–Crippen LogP) is 2.96. The summed E-state index contributed by atoms with van der Waals surface area (Å²) in [6, 6.07) is 5.98. The van der Waals surface area contributed by atoms with Crippen LogP contribution in [-0.4, -0.2) is 25.4 Å². The molecule has 0 amide bonds. The van der Waals surface area contributed by atoms with Gasteiger partial charge >= 0.3 is 0 Å². The molecule has 4 heteroatoms. The zero-order valence-electron chi connectivity index (χ0n) is 11.1. The molecule has 0 aliphatic carbocycles. The van der Waals surface area contributed by atoms with Gasteiger partial charge in [-0.25, -0.2) is 0 Å². The van der Waals surface area contributed by atoms with Gasteiger partial charge in [-0.1, -0.05) is 22.9 Å². The van der Waals surface area contributed by atoms with Crippen molar-refractivity contribution in [1.82, 2.24) is 5.32 Å². The van der Waals surface area contributed by atoms with Crippen LogP contribution >= 0.6 is 15.9 Å². The van der Waals surface area contributed by atoms with Gasteiger partial charge in [0.2, 0.25) is 0 Å². The summed E-state index contributed by atoms with van der Waals surface area (Å²) < 4.78 is 6.30. The van der Waals surface area contributed by atoms with Gasteiger partial charge in [-0.15, -0.1) is 0 Å². The zero-order chi connectivity index (χ0) is 13.4. The van der Waals surface area contributed by atoms with Gasteiger partial charge in [0.05, 0.1) is 7.11 Å². The SMILES string of the molecule is COc1ccc(Br)c(CNCCCC(C)CO)c1. The number of nitrogens with one attached hydrogen (secondary N) is 1. The molecule has 2 N–H and O–H groups in total. The Balaban J connectivity index is 2.30. The summed E-state index contributed by atoms with van der Waals surface area (Å²) in [5, 5.41) is 12.3. The average molecular weight is 316 g/mol. The van der Waals surface area contributed by atoms with Crippen molar-refractivity contribution in [2.75, 3.05) is 20.3 Å². The Bertz CT molecular complexity index is 358. The molecule has 102 valence electrons. The van der Waals surface area contributed by atoms with E-state index in [1.165, 1.54) is 5.56 Å². The summed E-state index contributed by atoms with van der Waals surface area (Å²) in [5.74, 6) is 1.28. The van der Waals surface area contributed by atoms with Gasteiger partial charge in [0, 0.05) is 17.6 Å². The second kappa shape index (κ2) is 8.51. The molecule has 0 bridgehead atoms. The maximum atomic E-state index is 8.92. The second-order valence-corrected chi connectivity index (χ2v) is 5.42. The fraction of sp³-hybridized carbons (Fsp3) is 0.571. The molecule has 0 aliphatic rings. The molecule has 0 radical (unpaired) electrons. The molecule has 18 heavy (non-hydrogen) atoms. The highest BCUT2D eigenvalue weighted by Gasteiger charge is 2.02. The minimum Gasteiger partial charge on any atom is -0.497 e. The van der Waals surface area contributed by atoms with Gasteiger partial charge in [0.15, 0.2) is 0 Å². The summed E-state index contributed by atoms with van der Waals surface area (Å²) in [5.41, 5.74) is 1.20. The van der Waals surface area contributed by atoms with E-state index < -0.39 is 0 Å². The minimum absolute atomic E-state index is 0.279. The smallest absolute Gasteiger partial charge is 0.119 e. The molecule has 1 unspecified atom stereocenters. The van der Waals surface area contributed by atoms with Crippen LogP contribution in [0.4, 0.5) is 0 Å². The molecule has 1 atom stereocenters. The molecule has 1 aromatic rings. The number of hydrogen-bond acceptors (Lipinski definition) is 3. The Kier molecular flexibility index (Phi) is 7.32. The van der Waals surface area contributed by atoms with E-state index in [1.807, 2.05) is 18.2 Å². The van der Waals surface area contributed by atoms with Crippen molar-refractivity contribution in [2.45, 2.75) is 26.3 Å². The number of aliphatic hydroxyl groups is 1. The summed E-state index contributed by atoms with van der Waals surface area (Å²) in [4.78, 5) is 0. The molecule has 0 saturated carbocycles. The van der Waals surface area contributed by atoms with E-state index in [4.69, 9.17) is 9.84 Å². The van der Waals surface area contributed by atoms with E-state index in [9.17, 15) is 0 Å². The van der Waals surface area contributed by atoms with Crippen LogP contribution in [0.2, 0.25) is 0 Å². The van der Waals surface area contributed by atoms with Crippen LogP contribution in [0.1, 0.15) is 25.3 Å². The van der Waals surface area contributed by atoms with Crippen LogP contribution in [0.25, 0.3) is 0 Å². The van der Waals surface area contributed by atoms with Gasteiger partial charge < -0.3 is 15.2 Å². The maximum absolute atomic E-state index is 8.92. The van der Waals surface area contributed by atoms with Crippen LogP contribution < -0.4 is 10.1 Å². The normalized spacial score (nSPS) is 12.4. The third-order valence-corrected chi connectivity index (χ3v) is 3.70. The number of methoxy groups -OCH3 is 1. The zero-order valence-corrected chi connectivity index (χ0v) is 12.7. The number of benzene rings is 1. The van der Waals surface area contributed by atoms with E-state index in [0.717, 1.165) is 36.2 Å². The maximum Gasteiger partial charge on any atom is 0.119 e. The standard InChI is InChI=1S/C14H22BrNO2/c1-11(10-17)4-3-7-16-9-12-8-13(18-2)5-6-14(12)15/h5-6,8,11,16-17H,3-4,7,9-10H2,1-2H3. The van der Waals surface area contributed by atoms with Crippen molar-refractivity contribution < 1.29 is 9.84 Å². The van der Waals surface area contributed by atoms with Crippen LogP contribution in [0.5, 0.6) is 5.75 Å². The molecule has 0 spiro atoms. The van der Waals surface area contributed by atoms with Gasteiger partial charge in [0.25, 0.3) is 0 Å². The minimum atomic E-state index is 0.279. The first-order chi connectivity index (χ1) is 8.67. The summed E-state index contributed by atoms with van der Waals surface area (Å²) in [7, 11) is 1.68. The van der Waals surface area contributed by atoms with Crippen molar-refractivity contribution >= 4 is 15.9 Å². The van der Waals surface area contributed by atoms with Gasteiger partial charge in [0.1, 0.15) is 5.75 Å². The molecular formula is C14H22BrNO2. The van der Waals surface area contributed by atoms with Crippen LogP contribution in [-0.2, 0) is 6.54 Å². The average Bonchev–Trinajstić information content (AvgIpc) is 2.40. The van der Waals surface area contributed by atoms with E-state index >= 15 is 0 Å². The lowest BCUT2D eigenvalue weighted by Crippen LogP contribution is -2.16. The number of halogens is 1. The fourth-order valence-electron chi connectivity index (χ4n) is 1.70. The van der Waals surface area contributed by atoms with Crippen LogP contribution in [0.15, 0.2) is 22.7 Å². The highest BCUT2D eigenvalue weighted by molar-refractivity contribution is 9.10. The molecular weight excluding hydrogens is 294 g/mol. The highest BCUT2D eigenvalue weighted by Crippen LogP contribution is 2.22. The van der Waals surface area contributed by atoms with Crippen molar-refractivity contribution in [3.8, 4) is 5.75 Å². The van der Waals surface area contributed by atoms with E-state index in [2.05, 4.69) is 28.2 Å². The Morgan fingerprint density at radius 1 is 1.44 bits per heavy atom. The molecule has 0 heterocycles. The summed E-state index contributed by atoms with van der Waals surface area (Å²) in [6.45, 7) is 4.14. The van der Waals surface area contributed by atoms with Crippen molar-refractivity contribution in [3.05, 3.63) is 28.2 Å². The number of hydrogen-bond donors (Lipinski definition) is 2. The number of aliphatic hydroxyl groups excluding tert-OH is 1. The number of ether oxygens (including phenoxy) is 1. The van der Waals surface area contributed by atoms with Crippen molar-refractivity contribution in [3.63, 3.8) is 0 Å². The first-order valence-electron chi connectivity index (χ1n) is 6.31. The van der Waals surface area contributed by atoms with E-state index in [-0.39, 0.29) is 6.61 Å². The monoisotopic (exact) mass is 315 g/mol. The van der Waals surface area contributed by atoms with E-state index in [1.54, 1.807) is 7.11 Å². The Labute approximate surface area is 118 Å². The largest absolute Gasteiger partial charge is 0.497 e.